The molecule has 0 bridgehead atoms. The minimum atomic E-state index is 0.638. The smallest absolute Gasteiger partial charge is 0.0220 e. The molecule has 0 unspecified atom stereocenters. The molecule has 2 heteroatoms. The Bertz CT molecular complexity index is 524. The van der Waals surface area contributed by atoms with Crippen LogP contribution in [0, 0.1) is 0 Å². The van der Waals surface area contributed by atoms with Crippen LogP contribution in [0.2, 0.25) is 0 Å². The molecule has 2 aromatic carbocycles. The van der Waals surface area contributed by atoms with Gasteiger partial charge in [-0.3, -0.25) is 0 Å². The fourth-order valence-corrected chi connectivity index (χ4v) is 2.80. The van der Waals surface area contributed by atoms with Gasteiger partial charge in [-0.15, -0.1) is 0 Å². The van der Waals surface area contributed by atoms with Crippen LogP contribution in [0.4, 0.5) is 0 Å². The molecule has 0 radical (unpaired) electrons. The van der Waals surface area contributed by atoms with Crippen molar-refractivity contribution in [3.05, 3.63) is 70.2 Å². The van der Waals surface area contributed by atoms with E-state index in [2.05, 4.69) is 75.8 Å². The summed E-state index contributed by atoms with van der Waals surface area (Å²) in [5.41, 5.74) is 2.79. The first-order valence-corrected chi connectivity index (χ1v) is 7.15. The third-order valence-electron chi connectivity index (χ3n) is 3.53. The maximum atomic E-state index is 3.63. The fourth-order valence-electron chi connectivity index (χ4n) is 2.37. The fraction of sp³-hybridized carbons (Fsp3) is 0.250. The predicted octanol–water partition coefficient (Wildman–Crippen LogP) is 4.09. The minimum Gasteiger partial charge on any atom is -0.309 e. The van der Waals surface area contributed by atoms with Crippen LogP contribution in [0.15, 0.2) is 59.1 Å². The van der Waals surface area contributed by atoms with Crippen LogP contribution in [0.3, 0.4) is 0 Å². The standard InChI is InChI=1S/C16H16BrN/c17-15-9-5-4-8-13(15)11-18-16-10-14(16)12-6-2-1-3-7-12/h1-9,14,16,18H,10-11H2/t14-,16+/m1/s1. The van der Waals surface area contributed by atoms with Crippen LogP contribution >= 0.6 is 15.9 Å². The van der Waals surface area contributed by atoms with Crippen molar-refractivity contribution in [3.8, 4) is 0 Å². The summed E-state index contributed by atoms with van der Waals surface area (Å²) >= 11 is 3.59. The predicted molar refractivity (Wildman–Crippen MR) is 78.6 cm³/mol. The average Bonchev–Trinajstić information content (AvgIpc) is 3.18. The van der Waals surface area contributed by atoms with Crippen molar-refractivity contribution in [2.45, 2.75) is 24.9 Å². The van der Waals surface area contributed by atoms with Gasteiger partial charge < -0.3 is 5.32 Å². The average molecular weight is 302 g/mol. The van der Waals surface area contributed by atoms with E-state index in [9.17, 15) is 0 Å². The summed E-state index contributed by atoms with van der Waals surface area (Å²) in [5, 5.41) is 3.63. The summed E-state index contributed by atoms with van der Waals surface area (Å²) in [4.78, 5) is 0. The maximum absolute atomic E-state index is 3.63. The summed E-state index contributed by atoms with van der Waals surface area (Å²) in [6.45, 7) is 0.940. The van der Waals surface area contributed by atoms with Gasteiger partial charge in [0.05, 0.1) is 0 Å². The van der Waals surface area contributed by atoms with Crippen molar-refractivity contribution in [1.82, 2.24) is 5.32 Å². The van der Waals surface area contributed by atoms with E-state index >= 15 is 0 Å². The minimum absolute atomic E-state index is 0.638. The lowest BCUT2D eigenvalue weighted by molar-refractivity contribution is 0.671. The first-order valence-electron chi connectivity index (χ1n) is 6.36. The zero-order valence-corrected chi connectivity index (χ0v) is 11.7. The molecule has 1 fully saturated rings. The molecule has 3 rings (SSSR count). The Labute approximate surface area is 116 Å². The Morgan fingerprint density at radius 3 is 2.50 bits per heavy atom. The van der Waals surface area contributed by atoms with Gasteiger partial charge in [-0.05, 0) is 23.6 Å². The van der Waals surface area contributed by atoms with E-state index in [4.69, 9.17) is 0 Å². The number of rotatable bonds is 4. The van der Waals surface area contributed by atoms with Crippen molar-refractivity contribution in [2.75, 3.05) is 0 Å². The molecule has 0 spiro atoms. The molecule has 1 nitrogen and oxygen atoms in total. The lowest BCUT2D eigenvalue weighted by Crippen LogP contribution is -2.17. The molecule has 18 heavy (non-hydrogen) atoms. The van der Waals surface area contributed by atoms with Gasteiger partial charge in [0.1, 0.15) is 0 Å². The van der Waals surface area contributed by atoms with E-state index in [0.717, 1.165) is 6.54 Å². The van der Waals surface area contributed by atoms with Crippen LogP contribution < -0.4 is 5.32 Å². The van der Waals surface area contributed by atoms with E-state index in [1.54, 1.807) is 0 Å². The topological polar surface area (TPSA) is 12.0 Å². The van der Waals surface area contributed by atoms with Crippen LogP contribution in [0.5, 0.6) is 0 Å². The number of hydrogen-bond donors (Lipinski definition) is 1. The Morgan fingerprint density at radius 2 is 1.72 bits per heavy atom. The van der Waals surface area contributed by atoms with Gasteiger partial charge in [-0.2, -0.15) is 0 Å². The second-order valence-electron chi connectivity index (χ2n) is 4.83. The Balaban J connectivity index is 1.56. The van der Waals surface area contributed by atoms with Crippen molar-refractivity contribution in [1.29, 1.82) is 0 Å². The van der Waals surface area contributed by atoms with Crippen LogP contribution in [-0.2, 0) is 6.54 Å². The highest BCUT2D eigenvalue weighted by Crippen LogP contribution is 2.40. The molecule has 92 valence electrons. The van der Waals surface area contributed by atoms with Crippen molar-refractivity contribution >= 4 is 15.9 Å². The second kappa shape index (κ2) is 5.25. The Hall–Kier alpha value is -1.12. The van der Waals surface area contributed by atoms with Gasteiger partial charge in [-0.1, -0.05) is 64.5 Å². The van der Waals surface area contributed by atoms with Gasteiger partial charge in [-0.25, -0.2) is 0 Å². The SMILES string of the molecule is Brc1ccccc1CN[C@H]1C[C@@H]1c1ccccc1. The molecular formula is C16H16BrN. The van der Waals surface area contributed by atoms with Crippen LogP contribution in [0.25, 0.3) is 0 Å². The van der Waals surface area contributed by atoms with E-state index in [1.165, 1.54) is 22.0 Å². The summed E-state index contributed by atoms with van der Waals surface area (Å²) in [6, 6.07) is 19.8. The molecule has 2 aromatic rings. The molecule has 0 aromatic heterocycles. The van der Waals surface area contributed by atoms with Gasteiger partial charge in [0.15, 0.2) is 0 Å². The summed E-state index contributed by atoms with van der Waals surface area (Å²) < 4.78 is 1.19. The highest BCUT2D eigenvalue weighted by molar-refractivity contribution is 9.10. The molecule has 0 amide bonds. The van der Waals surface area contributed by atoms with Crippen molar-refractivity contribution < 1.29 is 0 Å². The second-order valence-corrected chi connectivity index (χ2v) is 5.69. The third-order valence-corrected chi connectivity index (χ3v) is 4.30. The number of nitrogens with one attached hydrogen (secondary N) is 1. The normalized spacial score (nSPS) is 21.8. The van der Waals surface area contributed by atoms with Gasteiger partial charge in [0, 0.05) is 23.0 Å². The summed E-state index contributed by atoms with van der Waals surface area (Å²) in [5.74, 6) is 0.702. The van der Waals surface area contributed by atoms with E-state index < -0.39 is 0 Å². The zero-order valence-electron chi connectivity index (χ0n) is 10.1. The molecule has 0 aliphatic heterocycles. The molecule has 1 aliphatic carbocycles. The molecule has 1 N–H and O–H groups in total. The van der Waals surface area contributed by atoms with Gasteiger partial charge in [0.25, 0.3) is 0 Å². The first kappa shape index (κ1) is 11.9. The zero-order chi connectivity index (χ0) is 12.4. The number of hydrogen-bond acceptors (Lipinski definition) is 1. The van der Waals surface area contributed by atoms with E-state index in [-0.39, 0.29) is 0 Å². The Kier molecular flexibility index (Phi) is 3.48. The lowest BCUT2D eigenvalue weighted by Gasteiger charge is -2.06. The molecule has 2 atom stereocenters. The molecule has 1 aliphatic rings. The lowest BCUT2D eigenvalue weighted by atomic mass is 10.1. The quantitative estimate of drug-likeness (QED) is 0.897. The van der Waals surface area contributed by atoms with E-state index in [0.29, 0.717) is 12.0 Å². The maximum Gasteiger partial charge on any atom is 0.0220 e. The third kappa shape index (κ3) is 2.65. The highest BCUT2D eigenvalue weighted by Gasteiger charge is 2.37. The highest BCUT2D eigenvalue weighted by atomic mass is 79.9. The Morgan fingerprint density at radius 1 is 1.00 bits per heavy atom. The van der Waals surface area contributed by atoms with E-state index in [1.807, 2.05) is 0 Å². The monoisotopic (exact) mass is 301 g/mol. The molecule has 0 saturated heterocycles. The largest absolute Gasteiger partial charge is 0.309 e. The van der Waals surface area contributed by atoms with Gasteiger partial charge in [0.2, 0.25) is 0 Å². The first-order chi connectivity index (χ1) is 8.84. The van der Waals surface area contributed by atoms with Crippen molar-refractivity contribution in [2.24, 2.45) is 0 Å². The molecule has 1 saturated carbocycles. The summed E-state index contributed by atoms with van der Waals surface area (Å²) in [7, 11) is 0. The molecule has 0 heterocycles. The van der Waals surface area contributed by atoms with Crippen molar-refractivity contribution in [3.63, 3.8) is 0 Å². The summed E-state index contributed by atoms with van der Waals surface area (Å²) in [6.07, 6.45) is 1.26. The number of halogens is 1. The number of benzene rings is 2. The van der Waals surface area contributed by atoms with Crippen LogP contribution in [-0.4, -0.2) is 6.04 Å². The van der Waals surface area contributed by atoms with Gasteiger partial charge >= 0.3 is 0 Å². The van der Waals surface area contributed by atoms with Crippen LogP contribution in [0.1, 0.15) is 23.5 Å². The molecular weight excluding hydrogens is 286 g/mol.